The molecule has 6 N–H and O–H groups in total. The minimum absolute atomic E-state index is 0.365. The summed E-state index contributed by atoms with van der Waals surface area (Å²) < 4.78 is 0. The van der Waals surface area contributed by atoms with Crippen LogP contribution in [0.15, 0.2) is 0 Å². The maximum absolute atomic E-state index is 10.0. The number of aliphatic hydroxyl groups is 6. The Morgan fingerprint density at radius 2 is 1.31 bits per heavy atom. The van der Waals surface area contributed by atoms with Gasteiger partial charge in [0, 0.05) is 4.92 Å². The van der Waals surface area contributed by atoms with Crippen LogP contribution in [0.1, 0.15) is 0 Å². The van der Waals surface area contributed by atoms with Gasteiger partial charge in [-0.2, -0.15) is 0 Å². The van der Waals surface area contributed by atoms with Crippen molar-refractivity contribution in [3.63, 3.8) is 0 Å². The van der Waals surface area contributed by atoms with E-state index in [0.29, 0.717) is 0 Å². The number of aliphatic hydroxyl groups excluding tert-OH is 6. The minimum atomic E-state index is -1.99. The first-order valence-electron chi connectivity index (χ1n) is 4.31. The Labute approximate surface area is 91.4 Å². The SMILES string of the molecule is O=[N+]([O-])C(CO)(CO)CO.OCC(O)CO. The Bertz CT molecular complexity index is 171. The molecule has 0 spiro atoms. The zero-order chi connectivity index (χ0) is 13.2. The Morgan fingerprint density at radius 3 is 1.31 bits per heavy atom. The van der Waals surface area contributed by atoms with Crippen LogP contribution in [0.4, 0.5) is 0 Å². The van der Waals surface area contributed by atoms with Gasteiger partial charge in [-0.05, 0) is 0 Å². The van der Waals surface area contributed by atoms with Gasteiger partial charge in [0.05, 0.1) is 13.2 Å². The Balaban J connectivity index is 0. The van der Waals surface area contributed by atoms with Crippen molar-refractivity contribution in [1.82, 2.24) is 0 Å². The molecule has 0 radical (unpaired) electrons. The van der Waals surface area contributed by atoms with Crippen molar-refractivity contribution in [2.24, 2.45) is 0 Å². The molecule has 0 fully saturated rings. The standard InChI is InChI=1S/C4H9NO5.C3H8O3/c6-1-4(2-7,3-8)5(9)10;4-1-3(6)2-5/h6-8H,1-3H2;3-6H,1-2H2. The lowest BCUT2D eigenvalue weighted by atomic mass is 10.1. The molecule has 16 heavy (non-hydrogen) atoms. The van der Waals surface area contributed by atoms with E-state index >= 15 is 0 Å². The van der Waals surface area contributed by atoms with Crippen molar-refractivity contribution in [2.45, 2.75) is 11.6 Å². The van der Waals surface area contributed by atoms with Gasteiger partial charge in [-0.15, -0.1) is 0 Å². The highest BCUT2D eigenvalue weighted by Gasteiger charge is 2.41. The average Bonchev–Trinajstić information content (AvgIpc) is 2.31. The first-order valence-corrected chi connectivity index (χ1v) is 4.31. The molecule has 0 saturated carbocycles. The van der Waals surface area contributed by atoms with Gasteiger partial charge in [0.2, 0.25) is 0 Å². The zero-order valence-electron chi connectivity index (χ0n) is 8.56. The summed E-state index contributed by atoms with van der Waals surface area (Å²) in [4.78, 5) is 9.14. The van der Waals surface area contributed by atoms with E-state index < -0.39 is 36.4 Å². The molecule has 0 aliphatic carbocycles. The third kappa shape index (κ3) is 5.90. The molecule has 0 aromatic rings. The van der Waals surface area contributed by atoms with E-state index in [1.165, 1.54) is 0 Å². The van der Waals surface area contributed by atoms with Crippen LogP contribution in [0, 0.1) is 10.1 Å². The minimum Gasteiger partial charge on any atom is -0.394 e. The van der Waals surface area contributed by atoms with Gasteiger partial charge in [0.15, 0.2) is 0 Å². The second-order valence-electron chi connectivity index (χ2n) is 2.97. The number of hydrogen-bond acceptors (Lipinski definition) is 8. The summed E-state index contributed by atoms with van der Waals surface area (Å²) in [7, 11) is 0. The third-order valence-corrected chi connectivity index (χ3v) is 1.69. The van der Waals surface area contributed by atoms with Crippen LogP contribution in [-0.2, 0) is 0 Å². The summed E-state index contributed by atoms with van der Waals surface area (Å²) in [6, 6.07) is 0. The summed E-state index contributed by atoms with van der Waals surface area (Å²) in [6.45, 7) is -3.33. The normalized spacial score (nSPS) is 10.9. The van der Waals surface area contributed by atoms with Gasteiger partial charge in [-0.3, -0.25) is 10.1 Å². The van der Waals surface area contributed by atoms with Crippen molar-refractivity contribution in [3.8, 4) is 0 Å². The fraction of sp³-hybridized carbons (Fsp3) is 1.00. The van der Waals surface area contributed by atoms with Crippen molar-refractivity contribution in [1.29, 1.82) is 0 Å². The van der Waals surface area contributed by atoms with Crippen molar-refractivity contribution < 1.29 is 35.6 Å². The van der Waals surface area contributed by atoms with Gasteiger partial charge in [0.25, 0.3) is 5.54 Å². The molecule has 0 atom stereocenters. The van der Waals surface area contributed by atoms with E-state index in [9.17, 15) is 10.1 Å². The highest BCUT2D eigenvalue weighted by atomic mass is 16.6. The molecule has 9 nitrogen and oxygen atoms in total. The lowest BCUT2D eigenvalue weighted by molar-refractivity contribution is -0.580. The number of nitrogens with zero attached hydrogens (tertiary/aromatic N) is 1. The molecule has 0 unspecified atom stereocenters. The van der Waals surface area contributed by atoms with E-state index in [1.807, 2.05) is 0 Å². The molecule has 0 aliphatic rings. The molecule has 0 amide bonds. The van der Waals surface area contributed by atoms with E-state index in [1.54, 1.807) is 0 Å². The smallest absolute Gasteiger partial charge is 0.289 e. The third-order valence-electron chi connectivity index (χ3n) is 1.69. The highest BCUT2D eigenvalue weighted by molar-refractivity contribution is 4.75. The Hall–Kier alpha value is -0.840. The van der Waals surface area contributed by atoms with Crippen LogP contribution in [0.5, 0.6) is 0 Å². The predicted molar refractivity (Wildman–Crippen MR) is 51.2 cm³/mol. The molecular weight excluding hydrogens is 226 g/mol. The van der Waals surface area contributed by atoms with Crippen LogP contribution in [0.3, 0.4) is 0 Å². The quantitative estimate of drug-likeness (QED) is 0.205. The molecule has 0 rings (SSSR count). The molecule has 0 aromatic heterocycles. The monoisotopic (exact) mass is 243 g/mol. The van der Waals surface area contributed by atoms with Crippen molar-refractivity contribution >= 4 is 0 Å². The molecular formula is C7H17NO8. The fourth-order valence-corrected chi connectivity index (χ4v) is 0.381. The first kappa shape index (κ1) is 17.6. The molecule has 0 saturated heterocycles. The Kier molecular flexibility index (Phi) is 10.3. The second kappa shape index (κ2) is 9.39. The summed E-state index contributed by atoms with van der Waals surface area (Å²) >= 11 is 0. The Morgan fingerprint density at radius 1 is 1.00 bits per heavy atom. The summed E-state index contributed by atoms with van der Waals surface area (Å²) in [5.41, 5.74) is -1.99. The van der Waals surface area contributed by atoms with Gasteiger partial charge >= 0.3 is 0 Å². The van der Waals surface area contributed by atoms with Gasteiger partial charge < -0.3 is 30.6 Å². The van der Waals surface area contributed by atoms with E-state index in [4.69, 9.17) is 30.6 Å². The van der Waals surface area contributed by atoms with Crippen LogP contribution in [-0.4, -0.2) is 80.2 Å². The topological polar surface area (TPSA) is 165 Å². The first-order chi connectivity index (χ1) is 7.43. The molecule has 0 heterocycles. The molecule has 0 aliphatic heterocycles. The number of rotatable bonds is 6. The number of hydrogen-bond donors (Lipinski definition) is 6. The highest BCUT2D eigenvalue weighted by Crippen LogP contribution is 2.05. The summed E-state index contributed by atoms with van der Waals surface area (Å²) in [5.74, 6) is 0. The van der Waals surface area contributed by atoms with Gasteiger partial charge in [0.1, 0.15) is 25.9 Å². The molecule has 0 bridgehead atoms. The lowest BCUT2D eigenvalue weighted by Crippen LogP contribution is -2.49. The number of nitro groups is 1. The van der Waals surface area contributed by atoms with Crippen LogP contribution in [0.2, 0.25) is 0 Å². The largest absolute Gasteiger partial charge is 0.394 e. The van der Waals surface area contributed by atoms with Gasteiger partial charge in [-0.1, -0.05) is 0 Å². The van der Waals surface area contributed by atoms with Crippen molar-refractivity contribution in [3.05, 3.63) is 10.1 Å². The van der Waals surface area contributed by atoms with Crippen LogP contribution >= 0.6 is 0 Å². The van der Waals surface area contributed by atoms with Crippen LogP contribution < -0.4 is 0 Å². The molecule has 98 valence electrons. The second-order valence-corrected chi connectivity index (χ2v) is 2.97. The van der Waals surface area contributed by atoms with E-state index in [0.717, 1.165) is 0 Å². The predicted octanol–water partition coefficient (Wildman–Crippen LogP) is -3.69. The fourth-order valence-electron chi connectivity index (χ4n) is 0.381. The average molecular weight is 243 g/mol. The molecule has 9 heteroatoms. The summed E-state index contributed by atoms with van der Waals surface area (Å²) in [6.07, 6.45) is -0.954. The molecule has 0 aromatic carbocycles. The van der Waals surface area contributed by atoms with Gasteiger partial charge in [-0.25, -0.2) is 0 Å². The maximum Gasteiger partial charge on any atom is 0.289 e. The summed E-state index contributed by atoms with van der Waals surface area (Å²) in [5, 5.41) is 59.2. The lowest BCUT2D eigenvalue weighted by Gasteiger charge is -2.16. The van der Waals surface area contributed by atoms with Crippen LogP contribution in [0.25, 0.3) is 0 Å². The maximum atomic E-state index is 10.0. The zero-order valence-corrected chi connectivity index (χ0v) is 8.56. The van der Waals surface area contributed by atoms with Crippen molar-refractivity contribution in [2.75, 3.05) is 33.0 Å². The van der Waals surface area contributed by atoms with E-state index in [2.05, 4.69) is 0 Å². The van der Waals surface area contributed by atoms with E-state index in [-0.39, 0.29) is 13.2 Å².